The van der Waals surface area contributed by atoms with Crippen molar-refractivity contribution in [3.05, 3.63) is 63.0 Å². The number of nitro benzene ring substituents is 1. The summed E-state index contributed by atoms with van der Waals surface area (Å²) >= 11 is 0. The second-order valence-electron chi connectivity index (χ2n) is 8.25. The first-order valence-electron chi connectivity index (χ1n) is 10.4. The SMILES string of the molecule is Cc1nc2c(cnn2C(C)C)c(C)c1CCC(=O)N(C)C(C)c1cccc([N+](=O)[O-])c1. The molecule has 164 valence electrons. The number of aromatic nitrogens is 3. The van der Waals surface area contributed by atoms with E-state index < -0.39 is 4.92 Å². The topological polar surface area (TPSA) is 94.2 Å². The van der Waals surface area contributed by atoms with E-state index >= 15 is 0 Å². The molecular formula is C23H29N5O3. The zero-order chi connectivity index (χ0) is 22.9. The summed E-state index contributed by atoms with van der Waals surface area (Å²) in [6.07, 6.45) is 2.76. The van der Waals surface area contributed by atoms with Crippen LogP contribution >= 0.6 is 0 Å². The first-order valence-corrected chi connectivity index (χ1v) is 10.4. The molecule has 1 unspecified atom stereocenters. The smallest absolute Gasteiger partial charge is 0.269 e. The van der Waals surface area contributed by atoms with Crippen molar-refractivity contribution in [2.75, 3.05) is 7.05 Å². The van der Waals surface area contributed by atoms with Gasteiger partial charge in [-0.15, -0.1) is 0 Å². The lowest BCUT2D eigenvalue weighted by Crippen LogP contribution is -2.30. The highest BCUT2D eigenvalue weighted by Gasteiger charge is 2.21. The number of carbonyl (C=O) groups excluding carboxylic acids is 1. The van der Waals surface area contributed by atoms with E-state index in [1.165, 1.54) is 12.1 Å². The van der Waals surface area contributed by atoms with Crippen LogP contribution < -0.4 is 0 Å². The van der Waals surface area contributed by atoms with Crippen molar-refractivity contribution in [1.29, 1.82) is 0 Å². The molecule has 3 aromatic rings. The van der Waals surface area contributed by atoms with Crippen molar-refractivity contribution in [1.82, 2.24) is 19.7 Å². The van der Waals surface area contributed by atoms with Gasteiger partial charge in [-0.25, -0.2) is 9.67 Å². The number of nitrogens with zero attached hydrogens (tertiary/aromatic N) is 5. The molecule has 3 rings (SSSR count). The van der Waals surface area contributed by atoms with Crippen LogP contribution in [0.3, 0.4) is 0 Å². The maximum atomic E-state index is 12.9. The Morgan fingerprint density at radius 3 is 2.61 bits per heavy atom. The molecule has 1 aromatic carbocycles. The summed E-state index contributed by atoms with van der Waals surface area (Å²) in [6, 6.07) is 6.38. The summed E-state index contributed by atoms with van der Waals surface area (Å²) in [4.78, 5) is 29.9. The second-order valence-corrected chi connectivity index (χ2v) is 8.25. The van der Waals surface area contributed by atoms with Crippen molar-refractivity contribution in [2.24, 2.45) is 0 Å². The lowest BCUT2D eigenvalue weighted by molar-refractivity contribution is -0.384. The summed E-state index contributed by atoms with van der Waals surface area (Å²) in [5.41, 5.74) is 4.72. The van der Waals surface area contributed by atoms with Gasteiger partial charge in [0.25, 0.3) is 5.69 Å². The summed E-state index contributed by atoms with van der Waals surface area (Å²) in [7, 11) is 1.74. The summed E-state index contributed by atoms with van der Waals surface area (Å²) in [5.74, 6) is -0.0178. The number of non-ortho nitro benzene ring substituents is 1. The predicted molar refractivity (Wildman–Crippen MR) is 120 cm³/mol. The van der Waals surface area contributed by atoms with Crippen LogP contribution in [0.15, 0.2) is 30.5 Å². The Bertz CT molecular complexity index is 1140. The molecule has 0 saturated carbocycles. The third kappa shape index (κ3) is 4.42. The quantitative estimate of drug-likeness (QED) is 0.406. The number of nitro groups is 1. The van der Waals surface area contributed by atoms with Gasteiger partial charge in [-0.3, -0.25) is 14.9 Å². The molecule has 0 aliphatic heterocycles. The molecule has 0 saturated heterocycles. The monoisotopic (exact) mass is 423 g/mol. The fraction of sp³-hybridized carbons (Fsp3) is 0.435. The molecule has 8 heteroatoms. The lowest BCUT2D eigenvalue weighted by atomic mass is 9.99. The Morgan fingerprint density at radius 2 is 1.97 bits per heavy atom. The van der Waals surface area contributed by atoms with E-state index in [2.05, 4.69) is 25.9 Å². The number of fused-ring (bicyclic) bond motifs is 1. The molecule has 1 amide bonds. The van der Waals surface area contributed by atoms with Crippen LogP contribution in [0.1, 0.15) is 61.7 Å². The van der Waals surface area contributed by atoms with E-state index in [-0.39, 0.29) is 23.7 Å². The Labute approximate surface area is 182 Å². The lowest BCUT2D eigenvalue weighted by Gasteiger charge is -2.25. The molecule has 1 atom stereocenters. The van der Waals surface area contributed by atoms with Crippen molar-refractivity contribution < 1.29 is 9.72 Å². The number of hydrogen-bond donors (Lipinski definition) is 0. The van der Waals surface area contributed by atoms with E-state index in [0.717, 1.165) is 33.4 Å². The van der Waals surface area contributed by atoms with Crippen molar-refractivity contribution in [2.45, 2.75) is 59.5 Å². The van der Waals surface area contributed by atoms with E-state index in [9.17, 15) is 14.9 Å². The highest BCUT2D eigenvalue weighted by Crippen LogP contribution is 2.27. The minimum Gasteiger partial charge on any atom is -0.339 e. The predicted octanol–water partition coefficient (Wildman–Crippen LogP) is 4.69. The van der Waals surface area contributed by atoms with Gasteiger partial charge in [0.05, 0.1) is 17.2 Å². The van der Waals surface area contributed by atoms with Crippen molar-refractivity contribution in [3.63, 3.8) is 0 Å². The fourth-order valence-electron chi connectivity index (χ4n) is 3.88. The Hall–Kier alpha value is -3.29. The number of pyridine rings is 1. The van der Waals surface area contributed by atoms with Gasteiger partial charge in [-0.2, -0.15) is 5.10 Å². The molecule has 0 bridgehead atoms. The average molecular weight is 424 g/mol. The Kier molecular flexibility index (Phi) is 6.38. The molecule has 31 heavy (non-hydrogen) atoms. The number of rotatable bonds is 7. The highest BCUT2D eigenvalue weighted by atomic mass is 16.6. The van der Waals surface area contributed by atoms with Gasteiger partial charge in [0.15, 0.2) is 5.65 Å². The normalized spacial score (nSPS) is 12.4. The maximum Gasteiger partial charge on any atom is 0.269 e. The Morgan fingerprint density at radius 1 is 1.26 bits per heavy atom. The molecule has 0 aliphatic carbocycles. The number of benzene rings is 1. The van der Waals surface area contributed by atoms with Crippen molar-refractivity contribution in [3.8, 4) is 0 Å². The third-order valence-electron chi connectivity index (χ3n) is 5.95. The molecule has 0 N–H and O–H groups in total. The highest BCUT2D eigenvalue weighted by molar-refractivity contribution is 5.81. The van der Waals surface area contributed by atoms with Gasteiger partial charge in [-0.1, -0.05) is 12.1 Å². The van der Waals surface area contributed by atoms with E-state index in [1.54, 1.807) is 24.1 Å². The minimum atomic E-state index is -0.422. The average Bonchev–Trinajstić information content (AvgIpc) is 3.16. The maximum absolute atomic E-state index is 12.9. The largest absolute Gasteiger partial charge is 0.339 e. The van der Waals surface area contributed by atoms with Gasteiger partial charge in [-0.05, 0) is 57.7 Å². The van der Waals surface area contributed by atoms with Gasteiger partial charge in [0.1, 0.15) is 0 Å². The standard InChI is InChI=1S/C23H29N5O3/c1-14(2)27-23-21(13-24-27)15(3)20(16(4)25-23)10-11-22(29)26(6)17(5)18-8-7-9-19(12-18)28(30)31/h7-9,12-14,17H,10-11H2,1-6H3. The second kappa shape index (κ2) is 8.83. The van der Waals surface area contributed by atoms with Crippen LogP contribution in [0.5, 0.6) is 0 Å². The van der Waals surface area contributed by atoms with Crippen LogP contribution in [-0.2, 0) is 11.2 Å². The first-order chi connectivity index (χ1) is 14.6. The molecule has 2 heterocycles. The van der Waals surface area contributed by atoms with Crippen LogP contribution in [0.2, 0.25) is 0 Å². The van der Waals surface area contributed by atoms with Gasteiger partial charge < -0.3 is 4.90 Å². The van der Waals surface area contributed by atoms with Crippen LogP contribution in [0, 0.1) is 24.0 Å². The summed E-state index contributed by atoms with van der Waals surface area (Å²) in [6.45, 7) is 10.0. The van der Waals surface area contributed by atoms with Crippen molar-refractivity contribution >= 4 is 22.6 Å². The minimum absolute atomic E-state index is 0.0178. The first kappa shape index (κ1) is 22.4. The number of hydrogen-bond acceptors (Lipinski definition) is 5. The van der Waals surface area contributed by atoms with E-state index in [1.807, 2.05) is 24.7 Å². The Balaban J connectivity index is 1.76. The molecule has 8 nitrogen and oxygen atoms in total. The van der Waals surface area contributed by atoms with Gasteiger partial charge >= 0.3 is 0 Å². The van der Waals surface area contributed by atoms with Gasteiger partial charge in [0, 0.05) is 42.7 Å². The van der Waals surface area contributed by atoms with Gasteiger partial charge in [0.2, 0.25) is 5.91 Å². The van der Waals surface area contributed by atoms with Crippen LogP contribution in [-0.4, -0.2) is 37.5 Å². The molecule has 0 aliphatic rings. The number of amides is 1. The summed E-state index contributed by atoms with van der Waals surface area (Å²) < 4.78 is 1.92. The number of aryl methyl sites for hydroxylation is 2. The third-order valence-corrected chi connectivity index (χ3v) is 5.95. The molecule has 0 fully saturated rings. The molecule has 0 radical (unpaired) electrons. The zero-order valence-electron chi connectivity index (χ0n) is 18.9. The number of carbonyl (C=O) groups is 1. The van der Waals surface area contributed by atoms with Crippen LogP contribution in [0.25, 0.3) is 11.0 Å². The van der Waals surface area contributed by atoms with E-state index in [0.29, 0.717) is 12.8 Å². The molecule has 0 spiro atoms. The molecule has 2 aromatic heterocycles. The zero-order valence-corrected chi connectivity index (χ0v) is 18.9. The summed E-state index contributed by atoms with van der Waals surface area (Å²) in [5, 5.41) is 16.5. The van der Waals surface area contributed by atoms with Crippen LogP contribution in [0.4, 0.5) is 5.69 Å². The molecular weight excluding hydrogens is 394 g/mol. The fourth-order valence-corrected chi connectivity index (χ4v) is 3.88. The van der Waals surface area contributed by atoms with E-state index in [4.69, 9.17) is 4.98 Å².